The molecule has 0 saturated heterocycles. The Morgan fingerprint density at radius 1 is 1.50 bits per heavy atom. The first-order chi connectivity index (χ1) is 11.4. The van der Waals surface area contributed by atoms with Gasteiger partial charge in [-0.2, -0.15) is 0 Å². The van der Waals surface area contributed by atoms with E-state index in [9.17, 15) is 19.7 Å². The Morgan fingerprint density at radius 2 is 2.21 bits per heavy atom. The van der Waals surface area contributed by atoms with Crippen molar-refractivity contribution in [2.45, 2.75) is 32.3 Å². The number of halogens is 1. The molecule has 2 aromatic heterocycles. The minimum absolute atomic E-state index is 0.0206. The normalized spacial score (nSPS) is 15.2. The molecule has 1 fully saturated rings. The molecule has 8 heteroatoms. The zero-order chi connectivity index (χ0) is 17.4. The summed E-state index contributed by atoms with van der Waals surface area (Å²) in [6, 6.07) is 3.36. The van der Waals surface area contributed by atoms with Gasteiger partial charge < -0.3 is 4.74 Å². The number of nitro groups is 1. The molecule has 1 aliphatic carbocycles. The van der Waals surface area contributed by atoms with E-state index in [1.54, 1.807) is 19.1 Å². The lowest BCUT2D eigenvalue weighted by Gasteiger charge is -2.15. The molecule has 7 nitrogen and oxygen atoms in total. The van der Waals surface area contributed by atoms with Crippen molar-refractivity contribution in [2.75, 3.05) is 0 Å². The van der Waals surface area contributed by atoms with Crippen LogP contribution in [0.25, 0.3) is 5.52 Å². The number of hydrogen-bond donors (Lipinski definition) is 0. The van der Waals surface area contributed by atoms with Crippen molar-refractivity contribution in [3.8, 4) is 0 Å². The van der Waals surface area contributed by atoms with Gasteiger partial charge >= 0.3 is 5.69 Å². The van der Waals surface area contributed by atoms with Gasteiger partial charge in [0.2, 0.25) is 0 Å². The highest BCUT2D eigenvalue weighted by molar-refractivity contribution is 6.33. The van der Waals surface area contributed by atoms with Crippen LogP contribution in [-0.4, -0.2) is 21.9 Å². The monoisotopic (exact) mass is 350 g/mol. The molecule has 1 atom stereocenters. The van der Waals surface area contributed by atoms with E-state index in [1.165, 1.54) is 4.40 Å². The van der Waals surface area contributed by atoms with Gasteiger partial charge in [-0.1, -0.05) is 17.7 Å². The number of carbonyl (C=O) groups excluding carboxylic acids is 1. The van der Waals surface area contributed by atoms with Gasteiger partial charge in [0.05, 0.1) is 16.6 Å². The van der Waals surface area contributed by atoms with Crippen LogP contribution in [0.2, 0.25) is 5.02 Å². The summed E-state index contributed by atoms with van der Waals surface area (Å²) in [6.45, 7) is 2.03. The smallest absolute Gasteiger partial charge is 0.304 e. The van der Waals surface area contributed by atoms with Crippen molar-refractivity contribution in [3.63, 3.8) is 0 Å². The first kappa shape index (κ1) is 16.4. The minimum atomic E-state index is -0.615. The fourth-order valence-corrected chi connectivity index (χ4v) is 3.09. The summed E-state index contributed by atoms with van der Waals surface area (Å²) in [6.07, 6.45) is 3.03. The number of pyridine rings is 2. The zero-order valence-electron chi connectivity index (χ0n) is 12.9. The number of fused-ring (bicyclic) bond motifs is 1. The van der Waals surface area contributed by atoms with Gasteiger partial charge in [0.15, 0.2) is 0 Å². The van der Waals surface area contributed by atoms with Crippen LogP contribution < -0.4 is 5.56 Å². The van der Waals surface area contributed by atoms with E-state index < -0.39 is 4.92 Å². The number of carbonyl (C=O) groups is 1. The Hall–Kier alpha value is -2.41. The second kappa shape index (κ2) is 6.24. The molecule has 126 valence electrons. The van der Waals surface area contributed by atoms with Gasteiger partial charge in [-0.25, -0.2) is 0 Å². The maximum atomic E-state index is 12.7. The molecule has 24 heavy (non-hydrogen) atoms. The Bertz CT molecular complexity index is 888. The van der Waals surface area contributed by atoms with Gasteiger partial charge in [-0.3, -0.25) is 24.1 Å². The molecule has 2 aromatic rings. The van der Waals surface area contributed by atoms with Crippen LogP contribution in [0.3, 0.4) is 0 Å². The highest BCUT2D eigenvalue weighted by atomic mass is 35.5. The molecule has 0 N–H and O–H groups in total. The average Bonchev–Trinajstić information content (AvgIpc) is 3.37. The van der Waals surface area contributed by atoms with Crippen LogP contribution >= 0.6 is 11.6 Å². The van der Waals surface area contributed by atoms with Crippen molar-refractivity contribution >= 4 is 29.3 Å². The summed E-state index contributed by atoms with van der Waals surface area (Å²) in [4.78, 5) is 33.9. The lowest BCUT2D eigenvalue weighted by molar-refractivity contribution is -0.385. The van der Waals surface area contributed by atoms with Crippen LogP contribution in [0.15, 0.2) is 23.1 Å². The SMILES string of the molecule is Cc1c(Cl)c([N+](=O)[O-])cn2c(=O)c(CC(OC=O)C3CC3)ccc12. The second-order valence-electron chi connectivity index (χ2n) is 5.94. The van der Waals surface area contributed by atoms with Crippen molar-refractivity contribution in [1.82, 2.24) is 4.40 Å². The molecule has 0 aliphatic heterocycles. The van der Waals surface area contributed by atoms with Gasteiger partial charge in [-0.15, -0.1) is 0 Å². The van der Waals surface area contributed by atoms with Crippen LogP contribution in [0.4, 0.5) is 5.69 Å². The molecule has 0 radical (unpaired) electrons. The highest BCUT2D eigenvalue weighted by Crippen LogP contribution is 2.35. The maximum Gasteiger partial charge on any atom is 0.304 e. The Balaban J connectivity index is 2.09. The molecule has 1 unspecified atom stereocenters. The van der Waals surface area contributed by atoms with E-state index in [-0.39, 0.29) is 28.3 Å². The first-order valence-electron chi connectivity index (χ1n) is 7.51. The lowest BCUT2D eigenvalue weighted by atomic mass is 10.0. The van der Waals surface area contributed by atoms with Crippen LogP contribution in [0.1, 0.15) is 24.0 Å². The van der Waals surface area contributed by atoms with Gasteiger partial charge in [0.25, 0.3) is 12.0 Å². The quantitative estimate of drug-likeness (QED) is 0.454. The second-order valence-corrected chi connectivity index (χ2v) is 6.32. The van der Waals surface area contributed by atoms with E-state index >= 15 is 0 Å². The van der Waals surface area contributed by atoms with E-state index in [4.69, 9.17) is 16.3 Å². The molecule has 1 saturated carbocycles. The topological polar surface area (TPSA) is 90.9 Å². The third-order valence-electron chi connectivity index (χ3n) is 4.38. The molecule has 1 aliphatic rings. The first-order valence-corrected chi connectivity index (χ1v) is 7.88. The van der Waals surface area contributed by atoms with Crippen molar-refractivity contribution < 1.29 is 14.5 Å². The molecule has 2 heterocycles. The van der Waals surface area contributed by atoms with E-state index in [0.717, 1.165) is 19.0 Å². The van der Waals surface area contributed by atoms with E-state index in [2.05, 4.69) is 0 Å². The third kappa shape index (κ3) is 2.87. The molecule has 0 spiro atoms. The zero-order valence-corrected chi connectivity index (χ0v) is 13.7. The Labute approximate surface area is 142 Å². The molecule has 0 aromatic carbocycles. The maximum absolute atomic E-state index is 12.7. The number of nitrogens with zero attached hydrogens (tertiary/aromatic N) is 2. The summed E-state index contributed by atoms with van der Waals surface area (Å²) in [5.41, 5.74) is 0.748. The molecule has 3 rings (SSSR count). The van der Waals surface area contributed by atoms with Crippen LogP contribution in [0, 0.1) is 23.0 Å². The Kier molecular flexibility index (Phi) is 4.28. The average molecular weight is 351 g/mol. The lowest BCUT2D eigenvalue weighted by Crippen LogP contribution is -2.25. The Morgan fingerprint density at radius 3 is 2.79 bits per heavy atom. The van der Waals surface area contributed by atoms with Crippen molar-refractivity contribution in [1.29, 1.82) is 0 Å². The number of aryl methyl sites for hydroxylation is 1. The van der Waals surface area contributed by atoms with Crippen molar-refractivity contribution in [2.24, 2.45) is 5.92 Å². The summed E-state index contributed by atoms with van der Waals surface area (Å²) < 4.78 is 6.32. The number of hydrogen-bond acceptors (Lipinski definition) is 5. The predicted octanol–water partition coefficient (Wildman–Crippen LogP) is 2.66. The van der Waals surface area contributed by atoms with Gasteiger partial charge in [-0.05, 0) is 37.3 Å². The van der Waals surface area contributed by atoms with Crippen LogP contribution in [-0.2, 0) is 16.0 Å². The summed E-state index contributed by atoms with van der Waals surface area (Å²) in [5, 5.41) is 11.1. The fourth-order valence-electron chi connectivity index (χ4n) is 2.88. The standard InChI is InChI=1S/C16H15ClN2O5/c1-9-12-5-4-11(6-14(24-8-20)10-2-3-10)16(21)18(12)7-13(15(9)17)19(22)23/h4-5,7-8,10,14H,2-3,6H2,1H3. The predicted molar refractivity (Wildman–Crippen MR) is 87.4 cm³/mol. The summed E-state index contributed by atoms with van der Waals surface area (Å²) >= 11 is 6.02. The van der Waals surface area contributed by atoms with E-state index in [1.807, 2.05) is 0 Å². The highest BCUT2D eigenvalue weighted by Gasteiger charge is 2.33. The molecule has 0 bridgehead atoms. The van der Waals surface area contributed by atoms with E-state index in [0.29, 0.717) is 29.5 Å². The molecule has 0 amide bonds. The summed E-state index contributed by atoms with van der Waals surface area (Å²) in [7, 11) is 0. The molecular formula is C16H15ClN2O5. The fraction of sp³-hybridized carbons (Fsp3) is 0.375. The van der Waals surface area contributed by atoms with Gasteiger partial charge in [0.1, 0.15) is 11.1 Å². The third-order valence-corrected chi connectivity index (χ3v) is 4.86. The molecular weight excluding hydrogens is 336 g/mol. The van der Waals surface area contributed by atoms with Crippen molar-refractivity contribution in [3.05, 3.63) is 54.9 Å². The number of ether oxygens (including phenoxy) is 1. The number of rotatable bonds is 6. The summed E-state index contributed by atoms with van der Waals surface area (Å²) in [5.74, 6) is 0.275. The largest absolute Gasteiger partial charge is 0.464 e. The number of aromatic nitrogens is 1. The van der Waals surface area contributed by atoms with Gasteiger partial charge in [0, 0.05) is 12.0 Å². The minimum Gasteiger partial charge on any atom is -0.464 e. The van der Waals surface area contributed by atoms with Crippen LogP contribution in [0.5, 0.6) is 0 Å².